The van der Waals surface area contributed by atoms with Crippen molar-refractivity contribution in [2.45, 2.75) is 6.54 Å². The Labute approximate surface area is 119 Å². The molecule has 0 saturated carbocycles. The van der Waals surface area contributed by atoms with E-state index in [1.807, 2.05) is 30.3 Å². The van der Waals surface area contributed by atoms with E-state index in [0.717, 1.165) is 5.56 Å². The Balaban J connectivity index is 2.11. The summed E-state index contributed by atoms with van der Waals surface area (Å²) in [6, 6.07) is 12.7. The van der Waals surface area contributed by atoms with Gasteiger partial charge in [-0.25, -0.2) is 0 Å². The highest BCUT2D eigenvalue weighted by Crippen LogP contribution is 2.32. The van der Waals surface area contributed by atoms with Crippen LogP contribution in [0.1, 0.15) is 15.9 Å². The maximum Gasteiger partial charge on any atom is 0.252 e. The van der Waals surface area contributed by atoms with Crippen LogP contribution in [0.25, 0.3) is 0 Å². The number of rotatable bonds is 3. The normalized spacial score (nSPS) is 10.2. The van der Waals surface area contributed by atoms with Crippen molar-refractivity contribution < 1.29 is 9.90 Å². The molecule has 2 rings (SSSR count). The molecule has 0 aliphatic carbocycles. The van der Waals surface area contributed by atoms with E-state index in [1.54, 1.807) is 6.07 Å². The quantitative estimate of drug-likeness (QED) is 0.601. The molecule has 5 heteroatoms. The van der Waals surface area contributed by atoms with Crippen molar-refractivity contribution in [1.82, 2.24) is 5.32 Å². The number of nitrogen functional groups attached to an aromatic ring is 1. The average Bonchev–Trinajstić information content (AvgIpc) is 2.43. The molecule has 0 aromatic heterocycles. The Morgan fingerprint density at radius 3 is 2.58 bits per heavy atom. The van der Waals surface area contributed by atoms with E-state index < -0.39 is 0 Å². The minimum Gasteiger partial charge on any atom is -0.505 e. The smallest absolute Gasteiger partial charge is 0.252 e. The van der Waals surface area contributed by atoms with Crippen LogP contribution in [-0.2, 0) is 6.54 Å². The fourth-order valence-corrected chi connectivity index (χ4v) is 2.17. The number of phenols is 1. The van der Waals surface area contributed by atoms with Crippen LogP contribution in [0.15, 0.2) is 46.9 Å². The number of nitrogens with one attached hydrogen (secondary N) is 1. The molecule has 0 aliphatic rings. The van der Waals surface area contributed by atoms with Crippen LogP contribution < -0.4 is 11.1 Å². The molecule has 0 bridgehead atoms. The summed E-state index contributed by atoms with van der Waals surface area (Å²) in [6.45, 7) is 0.428. The van der Waals surface area contributed by atoms with Gasteiger partial charge >= 0.3 is 0 Å². The number of amides is 1. The zero-order valence-corrected chi connectivity index (χ0v) is 11.6. The number of nitrogens with two attached hydrogens (primary N) is 1. The van der Waals surface area contributed by atoms with Crippen molar-refractivity contribution >= 4 is 27.5 Å². The molecule has 0 spiro atoms. The van der Waals surface area contributed by atoms with Crippen molar-refractivity contribution in [3.05, 3.63) is 58.1 Å². The molecule has 0 aliphatic heterocycles. The van der Waals surface area contributed by atoms with Gasteiger partial charge in [-0.1, -0.05) is 30.3 Å². The predicted molar refractivity (Wildman–Crippen MR) is 77.8 cm³/mol. The monoisotopic (exact) mass is 320 g/mol. The second-order valence-corrected chi connectivity index (χ2v) is 4.83. The van der Waals surface area contributed by atoms with Crippen LogP contribution in [0.5, 0.6) is 5.75 Å². The Hall–Kier alpha value is -2.01. The first-order valence-corrected chi connectivity index (χ1v) is 6.48. The van der Waals surface area contributed by atoms with Crippen LogP contribution in [0.4, 0.5) is 5.69 Å². The molecular formula is C14H13BrN2O2. The van der Waals surface area contributed by atoms with Gasteiger partial charge in [0.05, 0.1) is 15.7 Å². The summed E-state index contributed by atoms with van der Waals surface area (Å²) < 4.78 is 0.304. The largest absolute Gasteiger partial charge is 0.505 e. The summed E-state index contributed by atoms with van der Waals surface area (Å²) in [5.74, 6) is -0.390. The first-order valence-electron chi connectivity index (χ1n) is 5.68. The molecule has 19 heavy (non-hydrogen) atoms. The molecule has 4 N–H and O–H groups in total. The first-order chi connectivity index (χ1) is 9.09. The minimum absolute atomic E-state index is 0.118. The number of hydrogen-bond acceptors (Lipinski definition) is 3. The van der Waals surface area contributed by atoms with Gasteiger partial charge in [0.1, 0.15) is 0 Å². The van der Waals surface area contributed by atoms with E-state index in [0.29, 0.717) is 16.6 Å². The van der Waals surface area contributed by atoms with Gasteiger partial charge in [0, 0.05) is 6.54 Å². The standard InChI is InChI=1S/C14H13BrN2O2/c15-12-10(6-7-11(16)13(12)18)14(19)17-8-9-4-2-1-3-5-9/h1-7,18H,8,16H2,(H,17,19). The SMILES string of the molecule is Nc1ccc(C(=O)NCc2ccccc2)c(Br)c1O. The fraction of sp³-hybridized carbons (Fsp3) is 0.0714. The molecule has 0 saturated heterocycles. The van der Waals surface area contributed by atoms with Crippen LogP contribution in [0.3, 0.4) is 0 Å². The number of carbonyl (C=O) groups excluding carboxylic acids is 1. The third kappa shape index (κ3) is 3.06. The van der Waals surface area contributed by atoms with Crippen LogP contribution in [0, 0.1) is 0 Å². The molecule has 2 aromatic carbocycles. The third-order valence-electron chi connectivity index (χ3n) is 2.69. The van der Waals surface area contributed by atoms with Gasteiger partial charge in [0.2, 0.25) is 0 Å². The second kappa shape index (κ2) is 5.75. The van der Waals surface area contributed by atoms with Crippen molar-refractivity contribution in [2.24, 2.45) is 0 Å². The van der Waals surface area contributed by atoms with Gasteiger partial charge in [0.15, 0.2) is 5.75 Å². The zero-order chi connectivity index (χ0) is 13.8. The molecule has 98 valence electrons. The average molecular weight is 321 g/mol. The van der Waals surface area contributed by atoms with Crippen LogP contribution in [0.2, 0.25) is 0 Å². The topological polar surface area (TPSA) is 75.4 Å². The van der Waals surface area contributed by atoms with E-state index in [-0.39, 0.29) is 17.3 Å². The summed E-state index contributed by atoms with van der Waals surface area (Å²) in [7, 11) is 0. The number of hydrogen-bond donors (Lipinski definition) is 3. The lowest BCUT2D eigenvalue weighted by atomic mass is 10.1. The summed E-state index contributed by atoms with van der Waals surface area (Å²) in [6.07, 6.45) is 0. The highest BCUT2D eigenvalue weighted by atomic mass is 79.9. The van der Waals surface area contributed by atoms with Gasteiger partial charge in [-0.15, -0.1) is 0 Å². The van der Waals surface area contributed by atoms with Crippen molar-refractivity contribution in [1.29, 1.82) is 0 Å². The number of phenolic OH excluding ortho intramolecular Hbond substituents is 1. The fourth-order valence-electron chi connectivity index (χ4n) is 1.63. The first kappa shape index (κ1) is 13.4. The van der Waals surface area contributed by atoms with Gasteiger partial charge in [-0.05, 0) is 33.6 Å². The molecule has 1 amide bonds. The number of anilines is 1. The summed E-state index contributed by atoms with van der Waals surface area (Å²) in [5.41, 5.74) is 7.13. The lowest BCUT2D eigenvalue weighted by molar-refractivity contribution is 0.0949. The Morgan fingerprint density at radius 2 is 1.89 bits per heavy atom. The van der Waals surface area contributed by atoms with E-state index in [9.17, 15) is 9.90 Å². The Bertz CT molecular complexity index is 600. The van der Waals surface area contributed by atoms with Crippen molar-refractivity contribution in [2.75, 3.05) is 5.73 Å². The van der Waals surface area contributed by atoms with Crippen LogP contribution >= 0.6 is 15.9 Å². The summed E-state index contributed by atoms with van der Waals surface area (Å²) in [4.78, 5) is 12.0. The van der Waals surface area contributed by atoms with Gasteiger partial charge in [-0.2, -0.15) is 0 Å². The Morgan fingerprint density at radius 1 is 1.21 bits per heavy atom. The number of aromatic hydroxyl groups is 1. The van der Waals surface area contributed by atoms with Crippen molar-refractivity contribution in [3.63, 3.8) is 0 Å². The molecule has 0 radical (unpaired) electrons. The maximum absolute atomic E-state index is 12.0. The van der Waals surface area contributed by atoms with Gasteiger partial charge in [0.25, 0.3) is 5.91 Å². The second-order valence-electron chi connectivity index (χ2n) is 4.03. The van der Waals surface area contributed by atoms with Crippen LogP contribution in [-0.4, -0.2) is 11.0 Å². The number of carbonyl (C=O) groups is 1. The van der Waals surface area contributed by atoms with Crippen molar-refractivity contribution in [3.8, 4) is 5.75 Å². The highest BCUT2D eigenvalue weighted by Gasteiger charge is 2.14. The molecule has 0 heterocycles. The molecular weight excluding hydrogens is 308 g/mol. The van der Waals surface area contributed by atoms with E-state index in [4.69, 9.17) is 5.73 Å². The molecule has 0 fully saturated rings. The maximum atomic E-state index is 12.0. The third-order valence-corrected chi connectivity index (χ3v) is 3.49. The molecule has 0 unspecified atom stereocenters. The molecule has 2 aromatic rings. The van der Waals surface area contributed by atoms with E-state index in [2.05, 4.69) is 21.2 Å². The Kier molecular flexibility index (Phi) is 4.06. The van der Waals surface area contributed by atoms with Gasteiger partial charge < -0.3 is 16.2 Å². The molecule has 0 atom stereocenters. The lowest BCUT2D eigenvalue weighted by Crippen LogP contribution is -2.23. The predicted octanol–water partition coefficient (Wildman–Crippen LogP) is 2.67. The number of halogens is 1. The zero-order valence-electron chi connectivity index (χ0n) is 10.1. The minimum atomic E-state index is -0.272. The summed E-state index contributed by atoms with van der Waals surface area (Å²) in [5, 5.41) is 12.5. The number of benzene rings is 2. The highest BCUT2D eigenvalue weighted by molar-refractivity contribution is 9.10. The van der Waals surface area contributed by atoms with E-state index >= 15 is 0 Å². The van der Waals surface area contributed by atoms with E-state index in [1.165, 1.54) is 6.07 Å². The molecule has 4 nitrogen and oxygen atoms in total. The summed E-state index contributed by atoms with van der Waals surface area (Å²) >= 11 is 3.17. The lowest BCUT2D eigenvalue weighted by Gasteiger charge is -2.09. The van der Waals surface area contributed by atoms with Gasteiger partial charge in [-0.3, -0.25) is 4.79 Å².